The summed E-state index contributed by atoms with van der Waals surface area (Å²) in [7, 11) is 0. The number of carbonyl (C=O) groups excluding carboxylic acids is 1. The van der Waals surface area contributed by atoms with Gasteiger partial charge in [-0.2, -0.15) is 5.21 Å². The number of hydrogen-bond donors (Lipinski definition) is 2. The van der Waals surface area contributed by atoms with Crippen LogP contribution in [0.5, 0.6) is 0 Å². The smallest absolute Gasteiger partial charge is 0.223 e. The average molecular weight is 287 g/mol. The first-order valence-corrected chi connectivity index (χ1v) is 7.81. The predicted octanol–water partition coefficient (Wildman–Crippen LogP) is 1.38. The van der Waals surface area contributed by atoms with E-state index in [-0.39, 0.29) is 11.8 Å². The fourth-order valence-electron chi connectivity index (χ4n) is 4.33. The molecule has 0 aliphatic heterocycles. The van der Waals surface area contributed by atoms with Gasteiger partial charge in [0.1, 0.15) is 0 Å². The van der Waals surface area contributed by atoms with Crippen LogP contribution in [0, 0.1) is 17.3 Å². The Balaban J connectivity index is 1.17. The molecule has 21 heavy (non-hydrogen) atoms. The molecule has 4 rings (SSSR count). The maximum atomic E-state index is 12.2. The SMILES string of the molecule is C=C1CC2(C1)CC(C(=O)NC1CC(Cc3nn[nH]n3)C1)C2. The van der Waals surface area contributed by atoms with Crippen molar-refractivity contribution in [2.24, 2.45) is 17.3 Å². The second-order valence-corrected chi connectivity index (χ2v) is 7.28. The van der Waals surface area contributed by atoms with Gasteiger partial charge >= 0.3 is 0 Å². The average Bonchev–Trinajstić information content (AvgIpc) is 2.81. The zero-order chi connectivity index (χ0) is 14.4. The number of H-pyrrole nitrogens is 1. The van der Waals surface area contributed by atoms with Gasteiger partial charge in [-0.1, -0.05) is 17.4 Å². The number of allylic oxidation sites excluding steroid dienone is 1. The van der Waals surface area contributed by atoms with E-state index in [2.05, 4.69) is 32.5 Å². The third-order valence-corrected chi connectivity index (χ3v) is 5.42. The standard InChI is InChI=1S/C15H21N5O/c1-9-5-15(6-9)7-11(8-15)14(21)16-12-2-10(3-12)4-13-17-19-20-18-13/h10-12H,1-8H2,(H,16,21)(H,17,18,19,20). The highest BCUT2D eigenvalue weighted by molar-refractivity contribution is 5.80. The quantitative estimate of drug-likeness (QED) is 0.820. The van der Waals surface area contributed by atoms with Crippen molar-refractivity contribution in [2.75, 3.05) is 0 Å². The van der Waals surface area contributed by atoms with Crippen molar-refractivity contribution in [3.8, 4) is 0 Å². The summed E-state index contributed by atoms with van der Waals surface area (Å²) in [6.45, 7) is 4.00. The number of nitrogens with zero attached hydrogens (tertiary/aromatic N) is 3. The molecule has 0 radical (unpaired) electrons. The third kappa shape index (κ3) is 2.36. The second-order valence-electron chi connectivity index (χ2n) is 7.28. The molecule has 1 spiro atoms. The van der Waals surface area contributed by atoms with Crippen LogP contribution >= 0.6 is 0 Å². The molecule has 0 bridgehead atoms. The molecule has 1 aromatic heterocycles. The maximum Gasteiger partial charge on any atom is 0.223 e. The van der Waals surface area contributed by atoms with E-state index in [9.17, 15) is 4.79 Å². The number of rotatable bonds is 4. The molecule has 6 heteroatoms. The monoisotopic (exact) mass is 287 g/mol. The van der Waals surface area contributed by atoms with E-state index in [0.29, 0.717) is 17.4 Å². The number of tetrazole rings is 1. The zero-order valence-electron chi connectivity index (χ0n) is 12.1. The van der Waals surface area contributed by atoms with Crippen LogP contribution < -0.4 is 5.32 Å². The van der Waals surface area contributed by atoms with Crippen LogP contribution in [-0.4, -0.2) is 32.6 Å². The van der Waals surface area contributed by atoms with Gasteiger partial charge in [0.2, 0.25) is 5.91 Å². The van der Waals surface area contributed by atoms with Gasteiger partial charge in [0.15, 0.2) is 5.82 Å². The van der Waals surface area contributed by atoms with Gasteiger partial charge in [0.25, 0.3) is 0 Å². The summed E-state index contributed by atoms with van der Waals surface area (Å²) in [5.41, 5.74) is 1.82. The molecule has 1 heterocycles. The highest BCUT2D eigenvalue weighted by atomic mass is 16.2. The summed E-state index contributed by atoms with van der Waals surface area (Å²) in [6, 6.07) is 0.349. The Morgan fingerprint density at radius 2 is 2.14 bits per heavy atom. The van der Waals surface area contributed by atoms with Gasteiger partial charge in [0, 0.05) is 18.4 Å². The van der Waals surface area contributed by atoms with Crippen LogP contribution in [0.25, 0.3) is 0 Å². The summed E-state index contributed by atoms with van der Waals surface area (Å²) in [5.74, 6) is 1.86. The summed E-state index contributed by atoms with van der Waals surface area (Å²) >= 11 is 0. The molecule has 0 saturated heterocycles. The van der Waals surface area contributed by atoms with Crippen molar-refractivity contribution in [2.45, 2.75) is 51.0 Å². The van der Waals surface area contributed by atoms with Crippen molar-refractivity contribution in [3.63, 3.8) is 0 Å². The van der Waals surface area contributed by atoms with Crippen molar-refractivity contribution in [3.05, 3.63) is 18.0 Å². The molecule has 112 valence electrons. The van der Waals surface area contributed by atoms with Crippen molar-refractivity contribution < 1.29 is 4.79 Å². The minimum atomic E-state index is 0.245. The molecule has 3 aliphatic carbocycles. The van der Waals surface area contributed by atoms with Crippen LogP contribution in [-0.2, 0) is 11.2 Å². The van der Waals surface area contributed by atoms with Crippen LogP contribution in [0.1, 0.15) is 44.3 Å². The number of aromatic nitrogens is 4. The van der Waals surface area contributed by atoms with Gasteiger partial charge in [-0.05, 0) is 49.9 Å². The van der Waals surface area contributed by atoms with E-state index in [0.717, 1.165) is 50.8 Å². The molecule has 3 fully saturated rings. The van der Waals surface area contributed by atoms with Crippen molar-refractivity contribution in [1.29, 1.82) is 0 Å². The van der Waals surface area contributed by atoms with Crippen LogP contribution in [0.2, 0.25) is 0 Å². The molecule has 3 saturated carbocycles. The topological polar surface area (TPSA) is 83.6 Å². The summed E-state index contributed by atoms with van der Waals surface area (Å²) in [6.07, 6.45) is 7.36. The van der Waals surface area contributed by atoms with Gasteiger partial charge in [0.05, 0.1) is 0 Å². The lowest BCUT2D eigenvalue weighted by Crippen LogP contribution is -2.53. The number of nitrogens with one attached hydrogen (secondary N) is 2. The van der Waals surface area contributed by atoms with Crippen molar-refractivity contribution >= 4 is 5.91 Å². The molecular weight excluding hydrogens is 266 g/mol. The van der Waals surface area contributed by atoms with E-state index >= 15 is 0 Å². The van der Waals surface area contributed by atoms with Gasteiger partial charge in [-0.15, -0.1) is 10.2 Å². The number of amides is 1. The molecule has 0 atom stereocenters. The fourth-order valence-corrected chi connectivity index (χ4v) is 4.33. The predicted molar refractivity (Wildman–Crippen MR) is 76.1 cm³/mol. The molecule has 6 nitrogen and oxygen atoms in total. The minimum absolute atomic E-state index is 0.245. The van der Waals surface area contributed by atoms with Gasteiger partial charge < -0.3 is 5.32 Å². The Morgan fingerprint density at radius 3 is 2.76 bits per heavy atom. The van der Waals surface area contributed by atoms with Gasteiger partial charge in [-0.3, -0.25) is 4.79 Å². The van der Waals surface area contributed by atoms with E-state index in [1.165, 1.54) is 5.57 Å². The maximum absolute atomic E-state index is 12.2. The first kappa shape index (κ1) is 13.0. The van der Waals surface area contributed by atoms with E-state index in [4.69, 9.17) is 0 Å². The Morgan fingerprint density at radius 1 is 1.38 bits per heavy atom. The van der Waals surface area contributed by atoms with Crippen LogP contribution in [0.15, 0.2) is 12.2 Å². The van der Waals surface area contributed by atoms with Crippen LogP contribution in [0.3, 0.4) is 0 Å². The third-order valence-electron chi connectivity index (χ3n) is 5.42. The first-order valence-electron chi connectivity index (χ1n) is 7.81. The summed E-state index contributed by atoms with van der Waals surface area (Å²) < 4.78 is 0. The Hall–Kier alpha value is -1.72. The zero-order valence-corrected chi connectivity index (χ0v) is 12.1. The summed E-state index contributed by atoms with van der Waals surface area (Å²) in [4.78, 5) is 12.2. The Kier molecular flexibility index (Phi) is 2.87. The summed E-state index contributed by atoms with van der Waals surface area (Å²) in [5, 5.41) is 17.2. The van der Waals surface area contributed by atoms with E-state index in [1.807, 2.05) is 0 Å². The van der Waals surface area contributed by atoms with Crippen LogP contribution in [0.4, 0.5) is 0 Å². The highest BCUT2D eigenvalue weighted by Gasteiger charge is 2.52. The highest BCUT2D eigenvalue weighted by Crippen LogP contribution is 2.60. The largest absolute Gasteiger partial charge is 0.353 e. The lowest BCUT2D eigenvalue weighted by atomic mass is 9.50. The van der Waals surface area contributed by atoms with E-state index < -0.39 is 0 Å². The van der Waals surface area contributed by atoms with Crippen molar-refractivity contribution in [1.82, 2.24) is 25.9 Å². The molecule has 1 aromatic rings. The van der Waals surface area contributed by atoms with E-state index in [1.54, 1.807) is 0 Å². The molecule has 1 amide bonds. The Bertz CT molecular complexity index is 545. The number of hydrogen-bond acceptors (Lipinski definition) is 4. The minimum Gasteiger partial charge on any atom is -0.353 e. The Labute approximate surface area is 123 Å². The molecule has 3 aliphatic rings. The second kappa shape index (κ2) is 4.64. The molecular formula is C15H21N5O. The molecule has 0 aromatic carbocycles. The number of carbonyl (C=O) groups is 1. The normalized spacial score (nSPS) is 30.4. The molecule has 2 N–H and O–H groups in total. The number of aromatic amines is 1. The lowest BCUT2D eigenvalue weighted by molar-refractivity contribution is -0.136. The fraction of sp³-hybridized carbons (Fsp3) is 0.733. The first-order chi connectivity index (χ1) is 10.1. The van der Waals surface area contributed by atoms with Gasteiger partial charge in [-0.25, -0.2) is 0 Å². The lowest BCUT2D eigenvalue weighted by Gasteiger charge is -2.55. The molecule has 0 unspecified atom stereocenters.